The topological polar surface area (TPSA) is 58.3 Å². The Morgan fingerprint density at radius 2 is 1.93 bits per heavy atom. The maximum atomic E-state index is 9.47. The third-order valence-corrected chi connectivity index (χ3v) is 3.22. The van der Waals surface area contributed by atoms with Crippen LogP contribution in [0, 0.1) is 0 Å². The molecule has 0 spiro atoms. The normalized spacial score (nSPS) is 19.0. The molecule has 1 aliphatic carbocycles. The van der Waals surface area contributed by atoms with Crippen LogP contribution in [0.4, 0.5) is 11.4 Å². The summed E-state index contributed by atoms with van der Waals surface area (Å²) >= 11 is 0. The van der Waals surface area contributed by atoms with Gasteiger partial charge in [0, 0.05) is 0 Å². The summed E-state index contributed by atoms with van der Waals surface area (Å²) in [6, 6.07) is 7.72. The third-order valence-electron chi connectivity index (χ3n) is 3.22. The van der Waals surface area contributed by atoms with Gasteiger partial charge in [0.15, 0.2) is 0 Å². The van der Waals surface area contributed by atoms with E-state index in [0.717, 1.165) is 24.2 Å². The van der Waals surface area contributed by atoms with Gasteiger partial charge in [-0.1, -0.05) is 25.0 Å². The fourth-order valence-electron chi connectivity index (χ4n) is 2.27. The Morgan fingerprint density at radius 1 is 1.27 bits per heavy atom. The Balaban J connectivity index is 2.16. The maximum absolute atomic E-state index is 9.47. The van der Waals surface area contributed by atoms with E-state index in [-0.39, 0.29) is 12.1 Å². The number of para-hydroxylation sites is 2. The number of nitrogens with one attached hydrogen (secondary N) is 1. The summed E-state index contributed by atoms with van der Waals surface area (Å²) in [5.74, 6) is 0. The van der Waals surface area contributed by atoms with Crippen LogP contribution in [-0.4, -0.2) is 17.3 Å². The van der Waals surface area contributed by atoms with Crippen molar-refractivity contribution in [3.8, 4) is 0 Å². The highest BCUT2D eigenvalue weighted by molar-refractivity contribution is 5.66. The maximum Gasteiger partial charge on any atom is 0.0661 e. The molecule has 1 aliphatic rings. The SMILES string of the molecule is Nc1ccccc1NC1(CO)CCCC1. The van der Waals surface area contributed by atoms with Crippen molar-refractivity contribution in [2.24, 2.45) is 0 Å². The number of rotatable bonds is 3. The van der Waals surface area contributed by atoms with Crippen LogP contribution in [0.1, 0.15) is 25.7 Å². The molecule has 0 heterocycles. The highest BCUT2D eigenvalue weighted by atomic mass is 16.3. The molecule has 0 amide bonds. The summed E-state index contributed by atoms with van der Waals surface area (Å²) in [4.78, 5) is 0. The second kappa shape index (κ2) is 4.11. The van der Waals surface area contributed by atoms with Crippen molar-refractivity contribution in [1.29, 1.82) is 0 Å². The van der Waals surface area contributed by atoms with Gasteiger partial charge >= 0.3 is 0 Å². The zero-order valence-corrected chi connectivity index (χ0v) is 8.87. The Hall–Kier alpha value is -1.22. The van der Waals surface area contributed by atoms with Crippen molar-refractivity contribution in [1.82, 2.24) is 0 Å². The second-order valence-electron chi connectivity index (χ2n) is 4.36. The Labute approximate surface area is 90.3 Å². The van der Waals surface area contributed by atoms with Crippen LogP contribution in [0.15, 0.2) is 24.3 Å². The van der Waals surface area contributed by atoms with E-state index < -0.39 is 0 Å². The third kappa shape index (κ3) is 2.07. The first-order valence-corrected chi connectivity index (χ1v) is 5.49. The van der Waals surface area contributed by atoms with E-state index in [4.69, 9.17) is 5.73 Å². The van der Waals surface area contributed by atoms with E-state index in [1.165, 1.54) is 12.8 Å². The van der Waals surface area contributed by atoms with Crippen molar-refractivity contribution in [2.45, 2.75) is 31.2 Å². The van der Waals surface area contributed by atoms with Gasteiger partial charge in [-0.3, -0.25) is 0 Å². The molecule has 0 saturated heterocycles. The van der Waals surface area contributed by atoms with Gasteiger partial charge in [-0.2, -0.15) is 0 Å². The number of anilines is 2. The summed E-state index contributed by atoms with van der Waals surface area (Å²) in [5, 5.41) is 12.9. The van der Waals surface area contributed by atoms with Crippen molar-refractivity contribution in [2.75, 3.05) is 17.7 Å². The molecular weight excluding hydrogens is 188 g/mol. The van der Waals surface area contributed by atoms with Gasteiger partial charge in [-0.05, 0) is 25.0 Å². The number of benzene rings is 1. The predicted molar refractivity (Wildman–Crippen MR) is 62.8 cm³/mol. The lowest BCUT2D eigenvalue weighted by Crippen LogP contribution is -2.39. The number of nitrogen functional groups attached to an aromatic ring is 1. The molecule has 0 bridgehead atoms. The monoisotopic (exact) mass is 206 g/mol. The number of hydrogen-bond acceptors (Lipinski definition) is 3. The van der Waals surface area contributed by atoms with Gasteiger partial charge in [-0.25, -0.2) is 0 Å². The summed E-state index contributed by atoms with van der Waals surface area (Å²) in [7, 11) is 0. The number of aliphatic hydroxyl groups excluding tert-OH is 1. The van der Waals surface area contributed by atoms with E-state index in [1.807, 2.05) is 24.3 Å². The minimum absolute atomic E-state index is 0.143. The summed E-state index contributed by atoms with van der Waals surface area (Å²) in [6.45, 7) is 0.182. The van der Waals surface area contributed by atoms with Crippen LogP contribution < -0.4 is 11.1 Å². The zero-order valence-electron chi connectivity index (χ0n) is 8.87. The molecule has 1 saturated carbocycles. The van der Waals surface area contributed by atoms with Crippen LogP contribution in [0.2, 0.25) is 0 Å². The smallest absolute Gasteiger partial charge is 0.0661 e. The second-order valence-corrected chi connectivity index (χ2v) is 4.36. The Kier molecular flexibility index (Phi) is 2.82. The number of aliphatic hydroxyl groups is 1. The van der Waals surface area contributed by atoms with Gasteiger partial charge in [0.05, 0.1) is 23.5 Å². The zero-order chi connectivity index (χ0) is 10.7. The van der Waals surface area contributed by atoms with E-state index >= 15 is 0 Å². The van der Waals surface area contributed by atoms with Gasteiger partial charge < -0.3 is 16.2 Å². The fourth-order valence-corrected chi connectivity index (χ4v) is 2.27. The van der Waals surface area contributed by atoms with Crippen molar-refractivity contribution in [3.05, 3.63) is 24.3 Å². The number of nitrogens with two attached hydrogens (primary N) is 1. The summed E-state index contributed by atoms with van der Waals surface area (Å²) in [6.07, 6.45) is 4.41. The molecule has 0 aliphatic heterocycles. The molecule has 0 unspecified atom stereocenters. The Morgan fingerprint density at radius 3 is 2.53 bits per heavy atom. The summed E-state index contributed by atoms with van der Waals surface area (Å²) < 4.78 is 0. The molecule has 1 fully saturated rings. The Bertz CT molecular complexity index is 332. The molecule has 0 aromatic heterocycles. The van der Waals surface area contributed by atoms with Crippen LogP contribution >= 0.6 is 0 Å². The quantitative estimate of drug-likeness (QED) is 0.663. The minimum Gasteiger partial charge on any atom is -0.397 e. The molecular formula is C12H18N2O. The number of hydrogen-bond donors (Lipinski definition) is 3. The van der Waals surface area contributed by atoms with Gasteiger partial charge in [-0.15, -0.1) is 0 Å². The molecule has 82 valence electrons. The largest absolute Gasteiger partial charge is 0.397 e. The van der Waals surface area contributed by atoms with Gasteiger partial charge in [0.1, 0.15) is 0 Å². The first kappa shape index (κ1) is 10.3. The summed E-state index contributed by atoms with van der Waals surface area (Å²) in [5.41, 5.74) is 7.41. The lowest BCUT2D eigenvalue weighted by molar-refractivity contribution is 0.214. The van der Waals surface area contributed by atoms with Crippen LogP contribution in [-0.2, 0) is 0 Å². The van der Waals surface area contributed by atoms with Crippen molar-refractivity contribution >= 4 is 11.4 Å². The lowest BCUT2D eigenvalue weighted by Gasteiger charge is -2.29. The molecule has 3 heteroatoms. The fraction of sp³-hybridized carbons (Fsp3) is 0.500. The van der Waals surface area contributed by atoms with Crippen molar-refractivity contribution < 1.29 is 5.11 Å². The molecule has 0 atom stereocenters. The van der Waals surface area contributed by atoms with Gasteiger partial charge in [0.25, 0.3) is 0 Å². The molecule has 1 aromatic rings. The lowest BCUT2D eigenvalue weighted by atomic mass is 9.98. The van der Waals surface area contributed by atoms with E-state index in [9.17, 15) is 5.11 Å². The average molecular weight is 206 g/mol. The van der Waals surface area contributed by atoms with Crippen molar-refractivity contribution in [3.63, 3.8) is 0 Å². The van der Waals surface area contributed by atoms with E-state index in [2.05, 4.69) is 5.32 Å². The molecule has 2 rings (SSSR count). The molecule has 3 nitrogen and oxygen atoms in total. The van der Waals surface area contributed by atoms with Crippen LogP contribution in [0.25, 0.3) is 0 Å². The molecule has 15 heavy (non-hydrogen) atoms. The highest BCUT2D eigenvalue weighted by Gasteiger charge is 2.33. The molecule has 1 aromatic carbocycles. The minimum atomic E-state index is -0.143. The predicted octanol–water partition coefficient (Wildman–Crippen LogP) is 1.99. The first-order valence-electron chi connectivity index (χ1n) is 5.49. The van der Waals surface area contributed by atoms with Gasteiger partial charge in [0.2, 0.25) is 0 Å². The van der Waals surface area contributed by atoms with Crippen LogP contribution in [0.3, 0.4) is 0 Å². The first-order chi connectivity index (χ1) is 7.26. The van der Waals surface area contributed by atoms with E-state index in [1.54, 1.807) is 0 Å². The highest BCUT2D eigenvalue weighted by Crippen LogP contribution is 2.34. The molecule has 4 N–H and O–H groups in total. The van der Waals surface area contributed by atoms with E-state index in [0.29, 0.717) is 0 Å². The average Bonchev–Trinajstić information content (AvgIpc) is 2.71. The standard InChI is InChI=1S/C12H18N2O/c13-10-5-1-2-6-11(10)14-12(9-15)7-3-4-8-12/h1-2,5-6,14-15H,3-4,7-9,13H2. The van der Waals surface area contributed by atoms with Crippen LogP contribution in [0.5, 0.6) is 0 Å². The molecule has 0 radical (unpaired) electrons.